The molecule has 1 heteroatoms. The second-order valence-electron chi connectivity index (χ2n) is 2.89. The van der Waals surface area contributed by atoms with Crippen LogP contribution in [0.4, 0.5) is 0 Å². The molecule has 1 saturated carbocycles. The summed E-state index contributed by atoms with van der Waals surface area (Å²) < 4.78 is 0. The largest absolute Gasteiger partial charge is 0.277 e. The minimum atomic E-state index is 0.581. The molecule has 1 heterocycles. The van der Waals surface area contributed by atoms with E-state index in [1.54, 1.807) is 5.57 Å². The molecule has 2 aliphatic rings. The molecule has 1 nitrogen and oxygen atoms in total. The van der Waals surface area contributed by atoms with Gasteiger partial charge < -0.3 is 0 Å². The van der Waals surface area contributed by atoms with Crippen LogP contribution in [0, 0.1) is 0 Å². The summed E-state index contributed by atoms with van der Waals surface area (Å²) in [6.07, 6.45) is 1.22. The van der Waals surface area contributed by atoms with Gasteiger partial charge in [-0.2, -0.15) is 0 Å². The maximum absolute atomic E-state index is 4.49. The first-order valence-electron chi connectivity index (χ1n) is 3.61. The van der Waals surface area contributed by atoms with Crippen LogP contribution in [0.25, 0.3) is 5.57 Å². The number of hydrogen-bond acceptors (Lipinski definition) is 1. The molecule has 1 aliphatic carbocycles. The number of hydrogen-bond donors (Lipinski definition) is 0. The molecule has 48 valence electrons. The molecule has 1 aromatic rings. The smallest absolute Gasteiger partial charge is 0.0765 e. The molecule has 0 spiro atoms. The summed E-state index contributed by atoms with van der Waals surface area (Å²) in [5.74, 6) is 0. The van der Waals surface area contributed by atoms with E-state index in [9.17, 15) is 0 Å². The fraction of sp³-hybridized carbons (Fsp3) is 0.222. The molecular formula is C9H7N. The van der Waals surface area contributed by atoms with Crippen LogP contribution in [0.1, 0.15) is 6.42 Å². The van der Waals surface area contributed by atoms with E-state index in [4.69, 9.17) is 0 Å². The third-order valence-corrected chi connectivity index (χ3v) is 2.20. The lowest BCUT2D eigenvalue weighted by Gasteiger charge is -1.82. The minimum absolute atomic E-state index is 0.581. The summed E-state index contributed by atoms with van der Waals surface area (Å²) in [5.41, 5.74) is 1.55. The third-order valence-electron chi connectivity index (χ3n) is 2.20. The maximum Gasteiger partial charge on any atom is 0.0765 e. The Bertz CT molecular complexity index is 403. The quantitative estimate of drug-likeness (QED) is 0.476. The molecule has 0 radical (unpaired) electrons. The summed E-state index contributed by atoms with van der Waals surface area (Å²) in [6, 6.07) is 8.98. The molecule has 0 saturated heterocycles. The summed E-state index contributed by atoms with van der Waals surface area (Å²) in [6.45, 7) is 0. The number of fused-ring (bicyclic) bond motifs is 2. The van der Waals surface area contributed by atoms with Gasteiger partial charge in [0.15, 0.2) is 0 Å². The Labute approximate surface area is 58.7 Å². The zero-order valence-corrected chi connectivity index (χ0v) is 5.54. The lowest BCUT2D eigenvalue weighted by Crippen LogP contribution is -2.21. The number of benzene rings is 1. The van der Waals surface area contributed by atoms with Crippen LogP contribution in [-0.2, 0) is 0 Å². The number of para-hydroxylation sites is 1. The van der Waals surface area contributed by atoms with Crippen molar-refractivity contribution in [3.05, 3.63) is 34.8 Å². The highest BCUT2D eigenvalue weighted by Crippen LogP contribution is 2.33. The van der Waals surface area contributed by atoms with Gasteiger partial charge in [0.2, 0.25) is 0 Å². The predicted octanol–water partition coefficient (Wildman–Crippen LogP) is 0.243. The summed E-state index contributed by atoms with van der Waals surface area (Å²) in [7, 11) is 0. The number of nitrogens with zero attached hydrogens (tertiary/aromatic N) is 1. The Morgan fingerprint density at radius 1 is 1.30 bits per heavy atom. The van der Waals surface area contributed by atoms with Crippen LogP contribution in [0.3, 0.4) is 0 Å². The Balaban J connectivity index is 2.63. The SMILES string of the molecule is c1ccc2c(c1)=NC1CC=21. The van der Waals surface area contributed by atoms with E-state index in [-0.39, 0.29) is 0 Å². The standard InChI is InChI=1S/C9H7N/c1-2-4-8-6(3-1)7-5-9(7)10-8/h1-4,9H,5H2. The van der Waals surface area contributed by atoms with Crippen LogP contribution >= 0.6 is 0 Å². The summed E-state index contributed by atoms with van der Waals surface area (Å²) >= 11 is 0. The first-order chi connectivity index (χ1) is 4.95. The summed E-state index contributed by atoms with van der Waals surface area (Å²) in [5, 5.41) is 2.60. The van der Waals surface area contributed by atoms with Crippen molar-refractivity contribution in [2.75, 3.05) is 0 Å². The van der Waals surface area contributed by atoms with Crippen molar-refractivity contribution in [3.8, 4) is 0 Å². The van der Waals surface area contributed by atoms with Gasteiger partial charge in [-0.3, -0.25) is 4.99 Å². The van der Waals surface area contributed by atoms with Gasteiger partial charge in [0, 0.05) is 5.22 Å². The Hall–Kier alpha value is -1.11. The van der Waals surface area contributed by atoms with Gasteiger partial charge in [-0.1, -0.05) is 18.2 Å². The monoisotopic (exact) mass is 129 g/mol. The molecule has 1 fully saturated rings. The first-order valence-corrected chi connectivity index (χ1v) is 3.61. The maximum atomic E-state index is 4.49. The molecule has 10 heavy (non-hydrogen) atoms. The Kier molecular flexibility index (Phi) is 0.613. The van der Waals surface area contributed by atoms with Gasteiger partial charge in [0.05, 0.1) is 11.4 Å². The van der Waals surface area contributed by atoms with E-state index in [0.717, 1.165) is 0 Å². The van der Waals surface area contributed by atoms with E-state index in [1.165, 1.54) is 17.0 Å². The normalized spacial score (nSPS) is 25.2. The van der Waals surface area contributed by atoms with Gasteiger partial charge in [-0.15, -0.1) is 0 Å². The van der Waals surface area contributed by atoms with Crippen LogP contribution in [-0.4, -0.2) is 6.04 Å². The van der Waals surface area contributed by atoms with Gasteiger partial charge in [0.1, 0.15) is 0 Å². The van der Waals surface area contributed by atoms with E-state index in [2.05, 4.69) is 23.2 Å². The molecule has 0 amide bonds. The molecular weight excluding hydrogens is 122 g/mol. The van der Waals surface area contributed by atoms with E-state index in [0.29, 0.717) is 6.04 Å². The third kappa shape index (κ3) is 0.419. The highest BCUT2D eigenvalue weighted by molar-refractivity contribution is 5.68. The van der Waals surface area contributed by atoms with Crippen molar-refractivity contribution in [3.63, 3.8) is 0 Å². The first kappa shape index (κ1) is 4.67. The predicted molar refractivity (Wildman–Crippen MR) is 39.0 cm³/mol. The van der Waals surface area contributed by atoms with E-state index in [1.807, 2.05) is 6.07 Å². The Morgan fingerprint density at radius 3 is 3.10 bits per heavy atom. The lowest BCUT2D eigenvalue weighted by atomic mass is 10.3. The molecule has 0 bridgehead atoms. The van der Waals surface area contributed by atoms with Crippen LogP contribution < -0.4 is 10.6 Å². The molecule has 3 rings (SSSR count). The fourth-order valence-electron chi connectivity index (χ4n) is 1.59. The average Bonchev–Trinajstić information content (AvgIpc) is 2.64. The van der Waals surface area contributed by atoms with Gasteiger partial charge in [-0.05, 0) is 18.1 Å². The minimum Gasteiger partial charge on any atom is -0.277 e. The van der Waals surface area contributed by atoms with E-state index >= 15 is 0 Å². The highest BCUT2D eigenvalue weighted by atomic mass is 14.9. The van der Waals surface area contributed by atoms with Crippen LogP contribution in [0.5, 0.6) is 0 Å². The summed E-state index contributed by atoms with van der Waals surface area (Å²) in [4.78, 5) is 4.49. The lowest BCUT2D eigenvalue weighted by molar-refractivity contribution is 1.05. The topological polar surface area (TPSA) is 12.4 Å². The molecule has 0 N–H and O–H groups in total. The van der Waals surface area contributed by atoms with Crippen molar-refractivity contribution in [2.24, 2.45) is 4.99 Å². The van der Waals surface area contributed by atoms with Crippen LogP contribution in [0.2, 0.25) is 0 Å². The van der Waals surface area contributed by atoms with Crippen molar-refractivity contribution in [1.29, 1.82) is 0 Å². The van der Waals surface area contributed by atoms with Crippen molar-refractivity contribution in [2.45, 2.75) is 12.5 Å². The molecule has 1 unspecified atom stereocenters. The molecule has 1 atom stereocenters. The highest BCUT2D eigenvalue weighted by Gasteiger charge is 2.32. The van der Waals surface area contributed by atoms with Crippen molar-refractivity contribution in [1.82, 2.24) is 0 Å². The van der Waals surface area contributed by atoms with Gasteiger partial charge >= 0.3 is 0 Å². The average molecular weight is 129 g/mol. The fourth-order valence-corrected chi connectivity index (χ4v) is 1.59. The molecule has 1 aliphatic heterocycles. The second-order valence-corrected chi connectivity index (χ2v) is 2.89. The zero-order valence-electron chi connectivity index (χ0n) is 5.54. The zero-order chi connectivity index (χ0) is 6.55. The van der Waals surface area contributed by atoms with Crippen molar-refractivity contribution < 1.29 is 0 Å². The Morgan fingerprint density at radius 2 is 2.20 bits per heavy atom. The molecule has 0 aromatic heterocycles. The van der Waals surface area contributed by atoms with E-state index < -0.39 is 0 Å². The second kappa shape index (κ2) is 1.31. The van der Waals surface area contributed by atoms with Crippen LogP contribution in [0.15, 0.2) is 29.3 Å². The molecule has 1 aromatic carbocycles. The van der Waals surface area contributed by atoms with Crippen molar-refractivity contribution >= 4 is 5.57 Å². The van der Waals surface area contributed by atoms with Gasteiger partial charge in [-0.25, -0.2) is 0 Å². The number of rotatable bonds is 0. The van der Waals surface area contributed by atoms with Gasteiger partial charge in [0.25, 0.3) is 0 Å².